The van der Waals surface area contributed by atoms with Gasteiger partial charge in [0, 0.05) is 5.39 Å². The predicted octanol–water partition coefficient (Wildman–Crippen LogP) is 5.23. The van der Waals surface area contributed by atoms with E-state index in [1.54, 1.807) is 0 Å². The number of aryl methyl sites for hydroxylation is 1. The minimum Gasteiger partial charge on any atom is -0.227 e. The first-order chi connectivity index (χ1) is 9.20. The first-order valence-electron chi connectivity index (χ1n) is 5.89. The van der Waals surface area contributed by atoms with Gasteiger partial charge in [-0.25, -0.2) is 9.97 Å². The summed E-state index contributed by atoms with van der Waals surface area (Å²) in [6.45, 7) is 2.10. The summed E-state index contributed by atoms with van der Waals surface area (Å²) in [4.78, 5) is 9.86. The molecule has 0 radical (unpaired) electrons. The van der Waals surface area contributed by atoms with E-state index in [2.05, 4.69) is 23.0 Å². The van der Waals surface area contributed by atoms with Crippen molar-refractivity contribution in [3.8, 4) is 10.7 Å². The number of hydrogen-bond donors (Lipinski definition) is 0. The third-order valence-electron chi connectivity index (χ3n) is 2.96. The van der Waals surface area contributed by atoms with Gasteiger partial charge in [0.25, 0.3) is 0 Å². The first-order valence-corrected chi connectivity index (χ1v) is 7.52. The Morgan fingerprint density at radius 1 is 1.16 bits per heavy atom. The molecule has 96 valence electrons. The van der Waals surface area contributed by atoms with Gasteiger partial charge in [0.2, 0.25) is 0 Å². The van der Waals surface area contributed by atoms with Crippen molar-refractivity contribution >= 4 is 45.4 Å². The molecule has 2 nitrogen and oxygen atoms in total. The van der Waals surface area contributed by atoms with Crippen LogP contribution in [0.1, 0.15) is 12.5 Å². The largest absolute Gasteiger partial charge is 0.227 e. The van der Waals surface area contributed by atoms with Crippen molar-refractivity contribution < 1.29 is 0 Å². The molecule has 0 N–H and O–H groups in total. The number of benzene rings is 1. The Kier molecular flexibility index (Phi) is 3.44. The molecule has 0 saturated heterocycles. The van der Waals surface area contributed by atoms with E-state index in [4.69, 9.17) is 23.2 Å². The molecule has 0 saturated carbocycles. The van der Waals surface area contributed by atoms with Gasteiger partial charge in [-0.15, -0.1) is 11.3 Å². The normalized spacial score (nSPS) is 11.1. The van der Waals surface area contributed by atoms with Gasteiger partial charge in [0.15, 0.2) is 5.82 Å². The van der Waals surface area contributed by atoms with Crippen LogP contribution < -0.4 is 0 Å². The zero-order valence-electron chi connectivity index (χ0n) is 10.2. The maximum atomic E-state index is 6.27. The van der Waals surface area contributed by atoms with Crippen molar-refractivity contribution in [2.24, 2.45) is 0 Å². The highest BCUT2D eigenvalue weighted by Gasteiger charge is 2.13. The SMILES string of the molecule is CCc1cccc2c(Cl)nc(-c3sccc3Cl)nc12. The Morgan fingerprint density at radius 3 is 2.68 bits per heavy atom. The summed E-state index contributed by atoms with van der Waals surface area (Å²) >= 11 is 13.9. The highest BCUT2D eigenvalue weighted by Crippen LogP contribution is 2.33. The predicted molar refractivity (Wildman–Crippen MR) is 82.2 cm³/mol. The highest BCUT2D eigenvalue weighted by molar-refractivity contribution is 7.14. The number of nitrogens with zero attached hydrogens (tertiary/aromatic N) is 2. The van der Waals surface area contributed by atoms with E-state index in [9.17, 15) is 0 Å². The van der Waals surface area contributed by atoms with E-state index in [1.165, 1.54) is 11.3 Å². The fraction of sp³-hybridized carbons (Fsp3) is 0.143. The van der Waals surface area contributed by atoms with Gasteiger partial charge < -0.3 is 0 Å². The molecule has 0 unspecified atom stereocenters. The summed E-state index contributed by atoms with van der Waals surface area (Å²) < 4.78 is 0. The zero-order valence-corrected chi connectivity index (χ0v) is 12.5. The van der Waals surface area contributed by atoms with Crippen LogP contribution in [0.25, 0.3) is 21.6 Å². The van der Waals surface area contributed by atoms with Crippen LogP contribution in [0.5, 0.6) is 0 Å². The third kappa shape index (κ3) is 2.22. The van der Waals surface area contributed by atoms with Gasteiger partial charge in [-0.3, -0.25) is 0 Å². The maximum absolute atomic E-state index is 6.27. The molecule has 19 heavy (non-hydrogen) atoms. The number of thiophene rings is 1. The molecule has 0 fully saturated rings. The second-order valence-corrected chi connectivity index (χ2v) is 5.78. The molecule has 1 aromatic carbocycles. The molecular weight excluding hydrogens is 299 g/mol. The van der Waals surface area contributed by atoms with Crippen LogP contribution in [0.3, 0.4) is 0 Å². The van der Waals surface area contributed by atoms with E-state index in [0.29, 0.717) is 16.0 Å². The molecule has 2 heterocycles. The molecule has 3 rings (SSSR count). The summed E-state index contributed by atoms with van der Waals surface area (Å²) in [5.74, 6) is 0.596. The van der Waals surface area contributed by atoms with E-state index in [-0.39, 0.29) is 0 Å². The molecule has 0 amide bonds. The van der Waals surface area contributed by atoms with Gasteiger partial charge >= 0.3 is 0 Å². The van der Waals surface area contributed by atoms with Gasteiger partial charge in [0.1, 0.15) is 5.15 Å². The number of aromatic nitrogens is 2. The maximum Gasteiger partial charge on any atom is 0.173 e. The van der Waals surface area contributed by atoms with Crippen LogP contribution in [0.15, 0.2) is 29.6 Å². The number of halogens is 2. The van der Waals surface area contributed by atoms with Crippen molar-refractivity contribution in [1.82, 2.24) is 9.97 Å². The summed E-state index contributed by atoms with van der Waals surface area (Å²) in [5, 5.41) is 3.94. The zero-order chi connectivity index (χ0) is 13.4. The second-order valence-electron chi connectivity index (χ2n) is 4.10. The van der Waals surface area contributed by atoms with Crippen molar-refractivity contribution in [3.05, 3.63) is 45.4 Å². The molecule has 0 bridgehead atoms. The number of rotatable bonds is 2. The minimum absolute atomic E-state index is 0.472. The number of hydrogen-bond acceptors (Lipinski definition) is 3. The Hall–Kier alpha value is -1.16. The summed E-state index contributed by atoms with van der Waals surface area (Å²) in [6, 6.07) is 7.82. The van der Waals surface area contributed by atoms with Gasteiger partial charge in [-0.05, 0) is 29.5 Å². The molecule has 0 spiro atoms. The summed E-state index contributed by atoms with van der Waals surface area (Å²) in [5.41, 5.74) is 2.07. The molecule has 0 aliphatic rings. The lowest BCUT2D eigenvalue weighted by Gasteiger charge is -2.07. The molecule has 0 aliphatic heterocycles. The van der Waals surface area contributed by atoms with Crippen molar-refractivity contribution in [2.75, 3.05) is 0 Å². The quantitative estimate of drug-likeness (QED) is 0.606. The lowest BCUT2D eigenvalue weighted by atomic mass is 10.1. The Balaban J connectivity index is 2.32. The number of fused-ring (bicyclic) bond motifs is 1. The van der Waals surface area contributed by atoms with E-state index >= 15 is 0 Å². The topological polar surface area (TPSA) is 25.8 Å². The summed E-state index contributed by atoms with van der Waals surface area (Å²) in [7, 11) is 0. The van der Waals surface area contributed by atoms with Gasteiger partial charge in [0.05, 0.1) is 15.4 Å². The van der Waals surface area contributed by atoms with Crippen LogP contribution in [-0.4, -0.2) is 9.97 Å². The van der Waals surface area contributed by atoms with Crippen LogP contribution in [-0.2, 0) is 6.42 Å². The average Bonchev–Trinajstić information content (AvgIpc) is 2.84. The van der Waals surface area contributed by atoms with Crippen molar-refractivity contribution in [2.45, 2.75) is 13.3 Å². The molecule has 2 aromatic heterocycles. The van der Waals surface area contributed by atoms with E-state index in [0.717, 1.165) is 27.8 Å². The molecule has 5 heteroatoms. The van der Waals surface area contributed by atoms with E-state index in [1.807, 2.05) is 23.6 Å². The van der Waals surface area contributed by atoms with Gasteiger partial charge in [-0.2, -0.15) is 0 Å². The molecule has 0 aliphatic carbocycles. The fourth-order valence-electron chi connectivity index (χ4n) is 2.01. The van der Waals surface area contributed by atoms with Gasteiger partial charge in [-0.1, -0.05) is 42.3 Å². The molecule has 0 atom stereocenters. The molecule has 3 aromatic rings. The average molecular weight is 309 g/mol. The lowest BCUT2D eigenvalue weighted by Crippen LogP contribution is -1.94. The Morgan fingerprint density at radius 2 is 2.00 bits per heavy atom. The van der Waals surface area contributed by atoms with Crippen molar-refractivity contribution in [1.29, 1.82) is 0 Å². The monoisotopic (exact) mass is 308 g/mol. The van der Waals surface area contributed by atoms with E-state index < -0.39 is 0 Å². The third-order valence-corrected chi connectivity index (χ3v) is 4.59. The first kappa shape index (κ1) is 12.9. The van der Waals surface area contributed by atoms with Crippen LogP contribution >= 0.6 is 34.5 Å². The van der Waals surface area contributed by atoms with Crippen LogP contribution in [0.2, 0.25) is 10.2 Å². The standard InChI is InChI=1S/C14H10Cl2N2S/c1-2-8-4-3-5-9-11(8)17-14(18-13(9)16)12-10(15)6-7-19-12/h3-7H,2H2,1H3. The summed E-state index contributed by atoms with van der Waals surface area (Å²) in [6.07, 6.45) is 0.905. The second kappa shape index (κ2) is 5.08. The Labute approximate surface area is 125 Å². The fourth-order valence-corrected chi connectivity index (χ4v) is 3.32. The molecular formula is C14H10Cl2N2S. The van der Waals surface area contributed by atoms with Crippen LogP contribution in [0.4, 0.5) is 0 Å². The minimum atomic E-state index is 0.472. The Bertz CT molecular complexity index is 752. The highest BCUT2D eigenvalue weighted by atomic mass is 35.5. The number of para-hydroxylation sites is 1. The smallest absolute Gasteiger partial charge is 0.173 e. The van der Waals surface area contributed by atoms with Crippen molar-refractivity contribution in [3.63, 3.8) is 0 Å². The lowest BCUT2D eigenvalue weighted by molar-refractivity contribution is 1.13. The van der Waals surface area contributed by atoms with Crippen LogP contribution in [0, 0.1) is 0 Å².